The van der Waals surface area contributed by atoms with Crippen molar-refractivity contribution >= 4 is 17.7 Å². The third-order valence-electron chi connectivity index (χ3n) is 2.49. The number of hydrogen-bond donors (Lipinski definition) is 0. The molecular weight excluding hydrogens is 276 g/mol. The second kappa shape index (κ2) is 10.7. The van der Waals surface area contributed by atoms with E-state index < -0.39 is 0 Å². The van der Waals surface area contributed by atoms with Gasteiger partial charge in [0, 0.05) is 12.7 Å². The van der Waals surface area contributed by atoms with Gasteiger partial charge in [-0.15, -0.1) is 0 Å². The third kappa shape index (κ3) is 8.19. The third-order valence-corrected chi connectivity index (χ3v) is 3.50. The summed E-state index contributed by atoms with van der Waals surface area (Å²) in [6.45, 7) is 4.44. The molecule has 0 aliphatic rings. The monoisotopic (exact) mass is 298 g/mol. The van der Waals surface area contributed by atoms with Gasteiger partial charge in [-0.05, 0) is 11.3 Å². The maximum Gasteiger partial charge on any atom is 0.304 e. The van der Waals surface area contributed by atoms with Gasteiger partial charge in [-0.2, -0.15) is 11.8 Å². The first kappa shape index (κ1) is 17.0. The predicted molar refractivity (Wildman–Crippen MR) is 80.6 cm³/mol. The van der Waals surface area contributed by atoms with Gasteiger partial charge in [-0.25, -0.2) is 0 Å². The van der Waals surface area contributed by atoms with Gasteiger partial charge >= 0.3 is 5.97 Å². The number of benzene rings is 1. The molecule has 5 heteroatoms. The molecule has 1 aromatic carbocycles. The van der Waals surface area contributed by atoms with E-state index in [1.807, 2.05) is 30.3 Å². The van der Waals surface area contributed by atoms with Crippen LogP contribution in [0.15, 0.2) is 30.3 Å². The van der Waals surface area contributed by atoms with Gasteiger partial charge in [0.1, 0.15) is 0 Å². The second-order valence-electron chi connectivity index (χ2n) is 4.20. The Hall–Kier alpha value is -1.04. The van der Waals surface area contributed by atoms with Crippen LogP contribution in [0, 0.1) is 0 Å². The zero-order chi connectivity index (χ0) is 14.6. The molecule has 0 aromatic heterocycles. The van der Waals surface area contributed by atoms with E-state index in [4.69, 9.17) is 14.2 Å². The molecule has 0 N–H and O–H groups in total. The van der Waals surface area contributed by atoms with E-state index in [1.165, 1.54) is 6.92 Å². The molecule has 1 unspecified atom stereocenters. The smallest absolute Gasteiger partial charge is 0.304 e. The second-order valence-corrected chi connectivity index (χ2v) is 5.52. The van der Waals surface area contributed by atoms with Crippen LogP contribution in [-0.2, 0) is 25.6 Å². The van der Waals surface area contributed by atoms with Crippen molar-refractivity contribution in [3.63, 3.8) is 0 Å². The molecule has 0 aliphatic heterocycles. The highest BCUT2D eigenvalue weighted by molar-refractivity contribution is 7.99. The summed E-state index contributed by atoms with van der Waals surface area (Å²) >= 11 is 1.80. The van der Waals surface area contributed by atoms with Gasteiger partial charge in [-0.1, -0.05) is 37.3 Å². The lowest BCUT2D eigenvalue weighted by Crippen LogP contribution is -2.24. The zero-order valence-electron chi connectivity index (χ0n) is 12.0. The first-order valence-corrected chi connectivity index (χ1v) is 7.82. The van der Waals surface area contributed by atoms with Crippen molar-refractivity contribution in [2.24, 2.45) is 0 Å². The Morgan fingerprint density at radius 2 is 2.05 bits per heavy atom. The lowest BCUT2D eigenvalue weighted by Gasteiger charge is -2.17. The van der Waals surface area contributed by atoms with Crippen molar-refractivity contribution in [2.45, 2.75) is 26.6 Å². The molecule has 0 bridgehead atoms. The van der Waals surface area contributed by atoms with Crippen LogP contribution in [-0.4, -0.2) is 37.0 Å². The van der Waals surface area contributed by atoms with Crippen LogP contribution in [0.1, 0.15) is 19.4 Å². The molecule has 0 amide bonds. The summed E-state index contributed by atoms with van der Waals surface area (Å²) in [6, 6.07) is 10.0. The van der Waals surface area contributed by atoms with Crippen LogP contribution in [0.5, 0.6) is 0 Å². The minimum atomic E-state index is -0.338. The van der Waals surface area contributed by atoms with Crippen molar-refractivity contribution in [2.75, 3.05) is 24.9 Å². The molecular formula is C15H22O4S. The predicted octanol–water partition coefficient (Wildman–Crippen LogP) is 2.86. The van der Waals surface area contributed by atoms with E-state index in [1.54, 1.807) is 11.8 Å². The van der Waals surface area contributed by atoms with Crippen molar-refractivity contribution in [1.82, 2.24) is 0 Å². The number of carbonyl (C=O) groups is 1. The molecule has 0 fully saturated rings. The minimum absolute atomic E-state index is 0.00397. The average molecular weight is 298 g/mol. The largest absolute Gasteiger partial charge is 0.439 e. The lowest BCUT2D eigenvalue weighted by atomic mass is 10.2. The summed E-state index contributed by atoms with van der Waals surface area (Å²) < 4.78 is 15.9. The molecule has 0 spiro atoms. The summed E-state index contributed by atoms with van der Waals surface area (Å²) in [5, 5.41) is 0. The normalized spacial score (nSPS) is 12.1. The zero-order valence-corrected chi connectivity index (χ0v) is 12.9. The van der Waals surface area contributed by atoms with E-state index in [0.717, 1.165) is 17.1 Å². The standard InChI is InChI=1S/C15H22O4S/c1-3-20-11-15(10-17-12-19-13(2)16)18-9-14-7-5-4-6-8-14/h4-8,15H,3,9-12H2,1-2H3. The van der Waals surface area contributed by atoms with Gasteiger partial charge in [-0.3, -0.25) is 4.79 Å². The average Bonchev–Trinajstić information content (AvgIpc) is 2.46. The summed E-state index contributed by atoms with van der Waals surface area (Å²) in [5.74, 6) is 1.56. The quantitative estimate of drug-likeness (QED) is 0.377. The minimum Gasteiger partial charge on any atom is -0.439 e. The molecule has 0 aliphatic carbocycles. The molecule has 1 atom stereocenters. The molecule has 20 heavy (non-hydrogen) atoms. The molecule has 0 saturated heterocycles. The van der Waals surface area contributed by atoms with Crippen molar-refractivity contribution in [1.29, 1.82) is 0 Å². The highest BCUT2D eigenvalue weighted by Crippen LogP contribution is 2.09. The van der Waals surface area contributed by atoms with E-state index in [0.29, 0.717) is 13.2 Å². The Bertz CT molecular complexity index is 369. The summed E-state index contributed by atoms with van der Waals surface area (Å²) in [7, 11) is 0. The van der Waals surface area contributed by atoms with Gasteiger partial charge in [0.15, 0.2) is 6.79 Å². The van der Waals surface area contributed by atoms with E-state index in [-0.39, 0.29) is 18.9 Å². The molecule has 1 rings (SSSR count). The van der Waals surface area contributed by atoms with Crippen LogP contribution in [0.4, 0.5) is 0 Å². The topological polar surface area (TPSA) is 44.8 Å². The highest BCUT2D eigenvalue weighted by atomic mass is 32.2. The Balaban J connectivity index is 2.29. The number of carbonyl (C=O) groups excluding carboxylic acids is 1. The maximum atomic E-state index is 10.6. The van der Waals surface area contributed by atoms with Crippen molar-refractivity contribution in [3.05, 3.63) is 35.9 Å². The number of rotatable bonds is 10. The molecule has 1 aromatic rings. The van der Waals surface area contributed by atoms with Crippen molar-refractivity contribution < 1.29 is 19.0 Å². The van der Waals surface area contributed by atoms with E-state index >= 15 is 0 Å². The SMILES string of the molecule is CCSCC(COCOC(C)=O)OCc1ccccc1. The number of ether oxygens (including phenoxy) is 3. The van der Waals surface area contributed by atoms with Crippen LogP contribution < -0.4 is 0 Å². The Morgan fingerprint density at radius 3 is 2.70 bits per heavy atom. The van der Waals surface area contributed by atoms with E-state index in [9.17, 15) is 4.79 Å². The fraction of sp³-hybridized carbons (Fsp3) is 0.533. The summed E-state index contributed by atoms with van der Waals surface area (Å²) in [5.41, 5.74) is 1.14. The highest BCUT2D eigenvalue weighted by Gasteiger charge is 2.10. The van der Waals surface area contributed by atoms with Crippen LogP contribution in [0.2, 0.25) is 0 Å². The Labute approximate surface area is 124 Å². The summed E-state index contributed by atoms with van der Waals surface area (Å²) in [6.07, 6.45) is -0.00397. The van der Waals surface area contributed by atoms with E-state index in [2.05, 4.69) is 6.92 Å². The molecule has 0 radical (unpaired) electrons. The van der Waals surface area contributed by atoms with Gasteiger partial charge in [0.25, 0.3) is 0 Å². The van der Waals surface area contributed by atoms with Gasteiger partial charge in [0.05, 0.1) is 19.3 Å². The van der Waals surface area contributed by atoms with Crippen LogP contribution >= 0.6 is 11.8 Å². The van der Waals surface area contributed by atoms with Crippen LogP contribution in [0.25, 0.3) is 0 Å². The molecule has 112 valence electrons. The van der Waals surface area contributed by atoms with Crippen molar-refractivity contribution in [3.8, 4) is 0 Å². The fourth-order valence-corrected chi connectivity index (χ4v) is 2.18. The first-order chi connectivity index (χ1) is 9.72. The number of hydrogen-bond acceptors (Lipinski definition) is 5. The maximum absolute atomic E-state index is 10.6. The van der Waals surface area contributed by atoms with Gasteiger partial charge < -0.3 is 14.2 Å². The lowest BCUT2D eigenvalue weighted by molar-refractivity contribution is -0.156. The summed E-state index contributed by atoms with van der Waals surface area (Å²) in [4.78, 5) is 10.6. The fourth-order valence-electron chi connectivity index (χ4n) is 1.49. The Kier molecular flexibility index (Phi) is 9.11. The first-order valence-electron chi connectivity index (χ1n) is 6.66. The number of thioether (sulfide) groups is 1. The number of esters is 1. The molecule has 4 nitrogen and oxygen atoms in total. The molecule has 0 saturated carbocycles. The van der Waals surface area contributed by atoms with Gasteiger partial charge in [0.2, 0.25) is 0 Å². The van der Waals surface area contributed by atoms with Crippen LogP contribution in [0.3, 0.4) is 0 Å². The Morgan fingerprint density at radius 1 is 1.30 bits per heavy atom. The molecule has 0 heterocycles.